The fourth-order valence-corrected chi connectivity index (χ4v) is 2.18. The third-order valence-corrected chi connectivity index (χ3v) is 2.95. The largest absolute Gasteiger partial charge is 0.370 e. The molecule has 100 valence electrons. The van der Waals surface area contributed by atoms with Crippen molar-refractivity contribution < 1.29 is 0 Å². The van der Waals surface area contributed by atoms with Crippen molar-refractivity contribution in [1.29, 1.82) is 0 Å². The molecule has 0 unspecified atom stereocenters. The van der Waals surface area contributed by atoms with Gasteiger partial charge in [-0.2, -0.15) is 0 Å². The Labute approximate surface area is 114 Å². The molecule has 0 amide bonds. The summed E-state index contributed by atoms with van der Waals surface area (Å²) in [7, 11) is 0. The third kappa shape index (κ3) is 2.89. The number of aromatic nitrogens is 3. The Morgan fingerprint density at radius 3 is 2.58 bits per heavy atom. The summed E-state index contributed by atoms with van der Waals surface area (Å²) in [6, 6.07) is 5.77. The Kier molecular flexibility index (Phi) is 4.10. The first kappa shape index (κ1) is 13.5. The number of nitrogens with zero attached hydrogens (tertiary/aromatic N) is 3. The lowest BCUT2D eigenvalue weighted by molar-refractivity contribution is 0.830. The van der Waals surface area contributed by atoms with Crippen molar-refractivity contribution in [2.75, 3.05) is 11.9 Å². The van der Waals surface area contributed by atoms with Crippen molar-refractivity contribution >= 4 is 5.82 Å². The highest BCUT2D eigenvalue weighted by atomic mass is 15.0. The molecule has 0 radical (unpaired) electrons. The average molecular weight is 256 g/mol. The number of hydrogen-bond donors (Lipinski definition) is 1. The lowest BCUT2D eigenvalue weighted by Crippen LogP contribution is -2.09. The van der Waals surface area contributed by atoms with Crippen LogP contribution in [0, 0.1) is 6.92 Å². The minimum absolute atomic E-state index is 0.395. The van der Waals surface area contributed by atoms with Crippen LogP contribution in [-0.2, 0) is 0 Å². The normalized spacial score (nSPS) is 10.8. The molecule has 1 N–H and O–H groups in total. The second-order valence-electron chi connectivity index (χ2n) is 4.79. The average Bonchev–Trinajstić information content (AvgIpc) is 2.39. The molecule has 4 heteroatoms. The van der Waals surface area contributed by atoms with E-state index >= 15 is 0 Å². The van der Waals surface area contributed by atoms with E-state index in [0.717, 1.165) is 23.8 Å². The molecule has 0 aliphatic carbocycles. The van der Waals surface area contributed by atoms with E-state index in [0.29, 0.717) is 11.7 Å². The zero-order chi connectivity index (χ0) is 13.8. The van der Waals surface area contributed by atoms with Crippen LogP contribution in [0.25, 0.3) is 11.5 Å². The fourth-order valence-electron chi connectivity index (χ4n) is 2.18. The molecule has 0 saturated heterocycles. The molecule has 0 fully saturated rings. The summed E-state index contributed by atoms with van der Waals surface area (Å²) in [6.07, 6.45) is 1.76. The maximum absolute atomic E-state index is 4.63. The predicted molar refractivity (Wildman–Crippen MR) is 78.3 cm³/mol. The number of anilines is 1. The molecule has 2 aromatic heterocycles. The van der Waals surface area contributed by atoms with E-state index in [4.69, 9.17) is 0 Å². The van der Waals surface area contributed by atoms with Gasteiger partial charge in [-0.25, -0.2) is 9.97 Å². The molecule has 0 spiro atoms. The summed E-state index contributed by atoms with van der Waals surface area (Å²) >= 11 is 0. The van der Waals surface area contributed by atoms with Gasteiger partial charge in [0, 0.05) is 24.0 Å². The van der Waals surface area contributed by atoms with Crippen LogP contribution < -0.4 is 5.32 Å². The van der Waals surface area contributed by atoms with Gasteiger partial charge in [0.15, 0.2) is 5.82 Å². The number of aryl methyl sites for hydroxylation is 1. The number of pyridine rings is 1. The summed E-state index contributed by atoms with van der Waals surface area (Å²) in [4.78, 5) is 13.5. The van der Waals surface area contributed by atoms with Crippen molar-refractivity contribution in [2.45, 2.75) is 33.6 Å². The quantitative estimate of drug-likeness (QED) is 0.910. The highest BCUT2D eigenvalue weighted by Crippen LogP contribution is 2.27. The minimum atomic E-state index is 0.395. The van der Waals surface area contributed by atoms with Gasteiger partial charge in [0.2, 0.25) is 0 Å². The van der Waals surface area contributed by atoms with Gasteiger partial charge < -0.3 is 5.32 Å². The lowest BCUT2D eigenvalue weighted by Gasteiger charge is -2.16. The summed E-state index contributed by atoms with van der Waals surface area (Å²) < 4.78 is 0. The zero-order valence-electron chi connectivity index (χ0n) is 11.9. The van der Waals surface area contributed by atoms with Crippen LogP contribution in [0.4, 0.5) is 5.82 Å². The SMILES string of the molecule is CCNc1nc(-c2ccccn2)nc(C)c1C(C)C. The predicted octanol–water partition coefficient (Wildman–Crippen LogP) is 3.40. The number of hydrogen-bond acceptors (Lipinski definition) is 4. The smallest absolute Gasteiger partial charge is 0.180 e. The summed E-state index contributed by atoms with van der Waals surface area (Å²) in [5.41, 5.74) is 3.00. The molecule has 0 aliphatic rings. The van der Waals surface area contributed by atoms with Gasteiger partial charge in [-0.1, -0.05) is 19.9 Å². The second kappa shape index (κ2) is 5.78. The molecule has 2 heterocycles. The third-order valence-electron chi connectivity index (χ3n) is 2.95. The molecule has 0 aromatic carbocycles. The van der Waals surface area contributed by atoms with Crippen LogP contribution in [-0.4, -0.2) is 21.5 Å². The molecule has 2 rings (SSSR count). The van der Waals surface area contributed by atoms with Crippen molar-refractivity contribution in [3.05, 3.63) is 35.7 Å². The van der Waals surface area contributed by atoms with Gasteiger partial charge in [0.25, 0.3) is 0 Å². The van der Waals surface area contributed by atoms with Crippen molar-refractivity contribution in [1.82, 2.24) is 15.0 Å². The summed E-state index contributed by atoms with van der Waals surface area (Å²) in [5, 5.41) is 3.33. The molecule has 0 atom stereocenters. The van der Waals surface area contributed by atoms with E-state index in [2.05, 4.69) is 41.0 Å². The van der Waals surface area contributed by atoms with E-state index in [1.165, 1.54) is 5.56 Å². The Morgan fingerprint density at radius 1 is 1.21 bits per heavy atom. The van der Waals surface area contributed by atoms with E-state index in [1.807, 2.05) is 25.1 Å². The van der Waals surface area contributed by atoms with E-state index in [9.17, 15) is 0 Å². The first-order valence-electron chi connectivity index (χ1n) is 6.67. The molecular weight excluding hydrogens is 236 g/mol. The Bertz CT molecular complexity index is 550. The van der Waals surface area contributed by atoms with Crippen LogP contribution in [0.2, 0.25) is 0 Å². The maximum atomic E-state index is 4.63. The van der Waals surface area contributed by atoms with Gasteiger partial charge in [0.05, 0.1) is 0 Å². The Morgan fingerprint density at radius 2 is 2.00 bits per heavy atom. The van der Waals surface area contributed by atoms with Crippen LogP contribution in [0.5, 0.6) is 0 Å². The van der Waals surface area contributed by atoms with Gasteiger partial charge in [-0.3, -0.25) is 4.98 Å². The van der Waals surface area contributed by atoms with E-state index in [1.54, 1.807) is 6.20 Å². The van der Waals surface area contributed by atoms with Gasteiger partial charge in [-0.05, 0) is 31.9 Å². The highest BCUT2D eigenvalue weighted by Gasteiger charge is 2.15. The van der Waals surface area contributed by atoms with Crippen LogP contribution in [0.3, 0.4) is 0 Å². The maximum Gasteiger partial charge on any atom is 0.180 e. The second-order valence-corrected chi connectivity index (χ2v) is 4.79. The minimum Gasteiger partial charge on any atom is -0.370 e. The standard InChI is InChI=1S/C15H20N4/c1-5-16-15-13(10(2)3)11(4)18-14(19-15)12-8-6-7-9-17-12/h6-10H,5H2,1-4H3,(H,16,18,19). The van der Waals surface area contributed by atoms with Crippen molar-refractivity contribution in [2.24, 2.45) is 0 Å². The van der Waals surface area contributed by atoms with Crippen LogP contribution in [0.15, 0.2) is 24.4 Å². The summed E-state index contributed by atoms with van der Waals surface area (Å²) in [5.74, 6) is 2.00. The molecular formula is C15H20N4. The number of nitrogens with one attached hydrogen (secondary N) is 1. The molecule has 0 aliphatic heterocycles. The molecule has 4 nitrogen and oxygen atoms in total. The summed E-state index contributed by atoms with van der Waals surface area (Å²) in [6.45, 7) is 9.27. The van der Waals surface area contributed by atoms with E-state index < -0.39 is 0 Å². The van der Waals surface area contributed by atoms with Crippen molar-refractivity contribution in [3.8, 4) is 11.5 Å². The monoisotopic (exact) mass is 256 g/mol. The van der Waals surface area contributed by atoms with Crippen LogP contribution in [0.1, 0.15) is 37.9 Å². The Hall–Kier alpha value is -1.97. The highest BCUT2D eigenvalue weighted by molar-refractivity contribution is 5.57. The lowest BCUT2D eigenvalue weighted by atomic mass is 10.0. The molecule has 19 heavy (non-hydrogen) atoms. The molecule has 0 bridgehead atoms. The van der Waals surface area contributed by atoms with Gasteiger partial charge >= 0.3 is 0 Å². The van der Waals surface area contributed by atoms with E-state index in [-0.39, 0.29) is 0 Å². The van der Waals surface area contributed by atoms with Crippen LogP contribution >= 0.6 is 0 Å². The molecule has 0 saturated carbocycles. The number of rotatable bonds is 4. The van der Waals surface area contributed by atoms with Gasteiger partial charge in [-0.15, -0.1) is 0 Å². The fraction of sp³-hybridized carbons (Fsp3) is 0.400. The first-order chi connectivity index (χ1) is 9.13. The first-order valence-corrected chi connectivity index (χ1v) is 6.67. The Balaban J connectivity index is 2.54. The van der Waals surface area contributed by atoms with Crippen molar-refractivity contribution in [3.63, 3.8) is 0 Å². The topological polar surface area (TPSA) is 50.7 Å². The molecule has 2 aromatic rings. The van der Waals surface area contributed by atoms with Gasteiger partial charge in [0.1, 0.15) is 11.5 Å². The zero-order valence-corrected chi connectivity index (χ0v) is 11.9.